The van der Waals surface area contributed by atoms with E-state index in [9.17, 15) is 9.59 Å². The Morgan fingerprint density at radius 3 is 2.33 bits per heavy atom. The third-order valence-electron chi connectivity index (χ3n) is 4.15. The first-order valence-corrected chi connectivity index (χ1v) is 6.75. The third-order valence-corrected chi connectivity index (χ3v) is 4.15. The quantitative estimate of drug-likeness (QED) is 0.768. The second-order valence-corrected chi connectivity index (χ2v) is 5.88. The minimum Gasteiger partial charge on any atom is -0.481 e. The van der Waals surface area contributed by atoms with E-state index < -0.39 is 23.3 Å². The molecule has 1 aliphatic carbocycles. The topological polar surface area (TPSA) is 63.6 Å². The summed E-state index contributed by atoms with van der Waals surface area (Å²) in [5, 5.41) is 8.98. The van der Waals surface area contributed by atoms with Crippen LogP contribution in [0.25, 0.3) is 0 Å². The third kappa shape index (κ3) is 3.72. The number of esters is 1. The molecule has 104 valence electrons. The Hall–Kier alpha value is -1.06. The van der Waals surface area contributed by atoms with E-state index in [-0.39, 0.29) is 0 Å². The zero-order chi connectivity index (χ0) is 13.8. The lowest BCUT2D eigenvalue weighted by Crippen LogP contribution is -2.38. The second kappa shape index (κ2) is 6.21. The number of aliphatic carboxylic acids is 1. The minimum atomic E-state index is -0.972. The summed E-state index contributed by atoms with van der Waals surface area (Å²) in [6, 6.07) is 0. The van der Waals surface area contributed by atoms with Gasteiger partial charge in [-0.25, -0.2) is 0 Å². The molecule has 0 aromatic rings. The SMILES string of the molecule is C[C@@H](C(=O)O)C(C)(C)C(=O)OCC1CCCCC1. The summed E-state index contributed by atoms with van der Waals surface area (Å²) in [5.74, 6) is -1.65. The van der Waals surface area contributed by atoms with Gasteiger partial charge in [0.1, 0.15) is 0 Å². The molecule has 0 heterocycles. The van der Waals surface area contributed by atoms with Crippen molar-refractivity contribution >= 4 is 11.9 Å². The van der Waals surface area contributed by atoms with Crippen LogP contribution in [0.3, 0.4) is 0 Å². The Kier molecular flexibility index (Phi) is 5.17. The highest BCUT2D eigenvalue weighted by molar-refractivity contribution is 5.83. The van der Waals surface area contributed by atoms with Crippen molar-refractivity contribution in [2.75, 3.05) is 6.61 Å². The molecule has 1 fully saturated rings. The number of carbonyl (C=O) groups excluding carboxylic acids is 1. The van der Waals surface area contributed by atoms with Gasteiger partial charge in [-0.3, -0.25) is 9.59 Å². The standard InChI is InChI=1S/C14H24O4/c1-10(12(15)16)14(2,3)13(17)18-9-11-7-5-4-6-8-11/h10-11H,4-9H2,1-3H3,(H,15,16)/t10-/m0/s1. The maximum absolute atomic E-state index is 12.0. The summed E-state index contributed by atoms with van der Waals surface area (Å²) in [6.07, 6.45) is 5.91. The lowest BCUT2D eigenvalue weighted by atomic mass is 9.80. The van der Waals surface area contributed by atoms with Crippen LogP contribution in [0, 0.1) is 17.3 Å². The monoisotopic (exact) mass is 256 g/mol. The van der Waals surface area contributed by atoms with E-state index in [1.54, 1.807) is 20.8 Å². The highest BCUT2D eigenvalue weighted by Crippen LogP contribution is 2.30. The van der Waals surface area contributed by atoms with E-state index >= 15 is 0 Å². The van der Waals surface area contributed by atoms with Gasteiger partial charge in [-0.2, -0.15) is 0 Å². The van der Waals surface area contributed by atoms with Crippen LogP contribution in [0.4, 0.5) is 0 Å². The lowest BCUT2D eigenvalue weighted by Gasteiger charge is -2.28. The zero-order valence-electron chi connectivity index (χ0n) is 11.6. The molecule has 0 amide bonds. The molecule has 4 nitrogen and oxygen atoms in total. The van der Waals surface area contributed by atoms with Gasteiger partial charge in [0.25, 0.3) is 0 Å². The maximum Gasteiger partial charge on any atom is 0.312 e. The highest BCUT2D eigenvalue weighted by atomic mass is 16.5. The molecule has 0 aromatic carbocycles. The molecule has 1 rings (SSSR count). The number of carbonyl (C=O) groups is 2. The smallest absolute Gasteiger partial charge is 0.312 e. The van der Waals surface area contributed by atoms with E-state index in [1.807, 2.05) is 0 Å². The van der Waals surface area contributed by atoms with Crippen molar-refractivity contribution in [3.05, 3.63) is 0 Å². The van der Waals surface area contributed by atoms with Gasteiger partial charge in [0.05, 0.1) is 17.9 Å². The molecule has 1 saturated carbocycles. The Labute approximate surface area is 109 Å². The molecule has 0 saturated heterocycles. The second-order valence-electron chi connectivity index (χ2n) is 5.88. The molecule has 0 unspecified atom stereocenters. The fraction of sp³-hybridized carbons (Fsp3) is 0.857. The first-order valence-electron chi connectivity index (χ1n) is 6.75. The number of rotatable bonds is 5. The molecule has 0 bridgehead atoms. The zero-order valence-corrected chi connectivity index (χ0v) is 11.6. The normalized spacial score (nSPS) is 19.3. The molecule has 0 spiro atoms. The molecule has 0 radical (unpaired) electrons. The fourth-order valence-corrected chi connectivity index (χ4v) is 2.22. The molecule has 1 N–H and O–H groups in total. The Bertz CT molecular complexity index is 303. The molecule has 0 aromatic heterocycles. The maximum atomic E-state index is 12.0. The van der Waals surface area contributed by atoms with E-state index in [2.05, 4.69) is 0 Å². The van der Waals surface area contributed by atoms with Crippen LogP contribution in [0.5, 0.6) is 0 Å². The summed E-state index contributed by atoms with van der Waals surface area (Å²) < 4.78 is 5.32. The predicted octanol–water partition coefficient (Wildman–Crippen LogP) is 2.86. The van der Waals surface area contributed by atoms with Crippen molar-refractivity contribution in [2.45, 2.75) is 52.9 Å². The van der Waals surface area contributed by atoms with Gasteiger partial charge in [-0.05, 0) is 32.6 Å². The Balaban J connectivity index is 2.45. The average Bonchev–Trinajstić information content (AvgIpc) is 2.35. The van der Waals surface area contributed by atoms with Crippen LogP contribution >= 0.6 is 0 Å². The molecular formula is C14H24O4. The molecule has 1 atom stereocenters. The van der Waals surface area contributed by atoms with Gasteiger partial charge < -0.3 is 9.84 Å². The molecule has 18 heavy (non-hydrogen) atoms. The van der Waals surface area contributed by atoms with E-state index in [0.29, 0.717) is 12.5 Å². The number of carboxylic acids is 1. The number of hydrogen-bond donors (Lipinski definition) is 1. The highest BCUT2D eigenvalue weighted by Gasteiger charge is 2.40. The summed E-state index contributed by atoms with van der Waals surface area (Å²) in [6.45, 7) is 5.25. The molecule has 0 aliphatic heterocycles. The van der Waals surface area contributed by atoms with Gasteiger partial charge in [-0.1, -0.05) is 26.2 Å². The Morgan fingerprint density at radius 2 is 1.83 bits per heavy atom. The van der Waals surface area contributed by atoms with Crippen molar-refractivity contribution < 1.29 is 19.4 Å². The summed E-state index contributed by atoms with van der Waals surface area (Å²) >= 11 is 0. The van der Waals surface area contributed by atoms with Crippen LogP contribution in [0.15, 0.2) is 0 Å². The number of ether oxygens (including phenoxy) is 1. The van der Waals surface area contributed by atoms with Crippen LogP contribution in [-0.2, 0) is 14.3 Å². The summed E-state index contributed by atoms with van der Waals surface area (Å²) in [5.41, 5.74) is -0.972. The van der Waals surface area contributed by atoms with Crippen LogP contribution in [0.1, 0.15) is 52.9 Å². The number of hydrogen-bond acceptors (Lipinski definition) is 3. The van der Waals surface area contributed by atoms with Crippen LogP contribution in [0.2, 0.25) is 0 Å². The van der Waals surface area contributed by atoms with Crippen LogP contribution in [-0.4, -0.2) is 23.7 Å². The van der Waals surface area contributed by atoms with Gasteiger partial charge >= 0.3 is 11.9 Å². The predicted molar refractivity (Wildman–Crippen MR) is 68.1 cm³/mol. The molecular weight excluding hydrogens is 232 g/mol. The van der Waals surface area contributed by atoms with Crippen molar-refractivity contribution in [1.82, 2.24) is 0 Å². The number of carboxylic acid groups (broad SMARTS) is 1. The van der Waals surface area contributed by atoms with E-state index in [1.165, 1.54) is 19.3 Å². The fourth-order valence-electron chi connectivity index (χ4n) is 2.22. The largest absolute Gasteiger partial charge is 0.481 e. The van der Waals surface area contributed by atoms with Gasteiger partial charge in [-0.15, -0.1) is 0 Å². The lowest BCUT2D eigenvalue weighted by molar-refractivity contribution is -0.165. The average molecular weight is 256 g/mol. The van der Waals surface area contributed by atoms with Gasteiger partial charge in [0, 0.05) is 0 Å². The first kappa shape index (κ1) is 15.0. The molecule has 4 heteroatoms. The van der Waals surface area contributed by atoms with Gasteiger partial charge in [0.2, 0.25) is 0 Å². The minimum absolute atomic E-state index is 0.400. The van der Waals surface area contributed by atoms with E-state index in [0.717, 1.165) is 12.8 Å². The van der Waals surface area contributed by atoms with E-state index in [4.69, 9.17) is 9.84 Å². The van der Waals surface area contributed by atoms with Crippen molar-refractivity contribution in [2.24, 2.45) is 17.3 Å². The van der Waals surface area contributed by atoms with Gasteiger partial charge in [0.15, 0.2) is 0 Å². The van der Waals surface area contributed by atoms with Crippen LogP contribution < -0.4 is 0 Å². The first-order chi connectivity index (χ1) is 8.35. The van der Waals surface area contributed by atoms with Crippen molar-refractivity contribution in [3.8, 4) is 0 Å². The Morgan fingerprint density at radius 1 is 1.28 bits per heavy atom. The molecule has 1 aliphatic rings. The van der Waals surface area contributed by atoms with Crippen molar-refractivity contribution in [3.63, 3.8) is 0 Å². The summed E-state index contributed by atoms with van der Waals surface area (Å²) in [4.78, 5) is 22.9. The van der Waals surface area contributed by atoms with Crippen molar-refractivity contribution in [1.29, 1.82) is 0 Å². The summed E-state index contributed by atoms with van der Waals surface area (Å²) in [7, 11) is 0.